The summed E-state index contributed by atoms with van der Waals surface area (Å²) in [5.41, 5.74) is 6.52. The van der Waals surface area contributed by atoms with Gasteiger partial charge in [-0.3, -0.25) is 4.79 Å². The number of ether oxygens (including phenoxy) is 1. The van der Waals surface area contributed by atoms with Crippen molar-refractivity contribution in [1.29, 1.82) is 0 Å². The SMILES string of the molecule is CC(C)N(C(=O)CN)[C@@H]1CCCC[C@H]1NC(=O)OCc1ccccc1. The zero-order valence-corrected chi connectivity index (χ0v) is 15.1. The zero-order chi connectivity index (χ0) is 18.2. The van der Waals surface area contributed by atoms with Crippen molar-refractivity contribution in [2.24, 2.45) is 5.73 Å². The fourth-order valence-corrected chi connectivity index (χ4v) is 3.49. The molecule has 1 aliphatic carbocycles. The van der Waals surface area contributed by atoms with E-state index in [1.807, 2.05) is 49.1 Å². The largest absolute Gasteiger partial charge is 0.445 e. The molecule has 25 heavy (non-hydrogen) atoms. The van der Waals surface area contributed by atoms with E-state index in [4.69, 9.17) is 10.5 Å². The van der Waals surface area contributed by atoms with Gasteiger partial charge in [0, 0.05) is 6.04 Å². The molecule has 1 saturated carbocycles. The van der Waals surface area contributed by atoms with Crippen molar-refractivity contribution < 1.29 is 14.3 Å². The molecular weight excluding hydrogens is 318 g/mol. The van der Waals surface area contributed by atoms with E-state index in [2.05, 4.69) is 5.32 Å². The van der Waals surface area contributed by atoms with E-state index in [1.54, 1.807) is 0 Å². The molecule has 6 nitrogen and oxygen atoms in total. The highest BCUT2D eigenvalue weighted by Crippen LogP contribution is 2.25. The highest BCUT2D eigenvalue weighted by molar-refractivity contribution is 5.79. The van der Waals surface area contributed by atoms with Crippen molar-refractivity contribution in [3.05, 3.63) is 35.9 Å². The van der Waals surface area contributed by atoms with E-state index in [9.17, 15) is 9.59 Å². The number of hydrogen-bond acceptors (Lipinski definition) is 4. The summed E-state index contributed by atoms with van der Waals surface area (Å²) in [6.07, 6.45) is 3.34. The lowest BCUT2D eigenvalue weighted by molar-refractivity contribution is -0.135. The van der Waals surface area contributed by atoms with Crippen molar-refractivity contribution >= 4 is 12.0 Å². The van der Waals surface area contributed by atoms with Crippen LogP contribution < -0.4 is 11.1 Å². The maximum absolute atomic E-state index is 12.3. The molecule has 2 rings (SSSR count). The summed E-state index contributed by atoms with van der Waals surface area (Å²) >= 11 is 0. The number of rotatable bonds is 6. The smallest absolute Gasteiger partial charge is 0.407 e. The van der Waals surface area contributed by atoms with Gasteiger partial charge in [0.15, 0.2) is 0 Å². The molecule has 0 spiro atoms. The third kappa shape index (κ3) is 5.46. The molecule has 138 valence electrons. The molecule has 0 heterocycles. The third-order valence-corrected chi connectivity index (χ3v) is 4.62. The van der Waals surface area contributed by atoms with Crippen LogP contribution in [-0.4, -0.2) is 41.6 Å². The molecule has 0 saturated heterocycles. The molecule has 0 radical (unpaired) electrons. The summed E-state index contributed by atoms with van der Waals surface area (Å²) in [5, 5.41) is 2.96. The molecular formula is C19H29N3O3. The zero-order valence-electron chi connectivity index (χ0n) is 15.1. The van der Waals surface area contributed by atoms with E-state index < -0.39 is 6.09 Å². The van der Waals surface area contributed by atoms with Crippen LogP contribution in [-0.2, 0) is 16.1 Å². The number of benzene rings is 1. The van der Waals surface area contributed by atoms with Gasteiger partial charge < -0.3 is 20.7 Å². The van der Waals surface area contributed by atoms with Crippen LogP contribution in [0.2, 0.25) is 0 Å². The van der Waals surface area contributed by atoms with Gasteiger partial charge in [0.05, 0.1) is 18.6 Å². The molecule has 2 amide bonds. The van der Waals surface area contributed by atoms with Gasteiger partial charge >= 0.3 is 6.09 Å². The van der Waals surface area contributed by atoms with Gasteiger partial charge in [-0.05, 0) is 32.3 Å². The minimum Gasteiger partial charge on any atom is -0.445 e. The first-order valence-corrected chi connectivity index (χ1v) is 9.01. The minimum atomic E-state index is -0.440. The van der Waals surface area contributed by atoms with E-state index in [-0.39, 0.29) is 37.2 Å². The van der Waals surface area contributed by atoms with E-state index in [0.717, 1.165) is 31.2 Å². The van der Waals surface area contributed by atoms with Crippen molar-refractivity contribution in [1.82, 2.24) is 10.2 Å². The third-order valence-electron chi connectivity index (χ3n) is 4.62. The molecule has 0 bridgehead atoms. The Labute approximate surface area is 149 Å². The Morgan fingerprint density at radius 1 is 1.24 bits per heavy atom. The van der Waals surface area contributed by atoms with Gasteiger partial charge in [-0.1, -0.05) is 43.2 Å². The number of carbonyl (C=O) groups excluding carboxylic acids is 2. The van der Waals surface area contributed by atoms with Crippen LogP contribution in [0.15, 0.2) is 30.3 Å². The normalized spacial score (nSPS) is 20.2. The van der Waals surface area contributed by atoms with Crippen LogP contribution in [0.3, 0.4) is 0 Å². The number of alkyl carbamates (subject to hydrolysis) is 1. The second-order valence-corrected chi connectivity index (χ2v) is 6.76. The average molecular weight is 347 g/mol. The number of amides is 2. The highest BCUT2D eigenvalue weighted by Gasteiger charge is 2.35. The summed E-state index contributed by atoms with van der Waals surface area (Å²) in [6, 6.07) is 9.48. The monoisotopic (exact) mass is 347 g/mol. The van der Waals surface area contributed by atoms with Crippen LogP contribution in [0.4, 0.5) is 4.79 Å². The predicted molar refractivity (Wildman–Crippen MR) is 96.8 cm³/mol. The Morgan fingerprint density at radius 3 is 2.56 bits per heavy atom. The van der Waals surface area contributed by atoms with Crippen LogP contribution in [0.1, 0.15) is 45.1 Å². The minimum absolute atomic E-state index is 0.0140. The lowest BCUT2D eigenvalue weighted by Gasteiger charge is -2.42. The number of nitrogens with two attached hydrogens (primary N) is 1. The second-order valence-electron chi connectivity index (χ2n) is 6.76. The van der Waals surface area contributed by atoms with Gasteiger partial charge in [0.1, 0.15) is 6.61 Å². The lowest BCUT2D eigenvalue weighted by atomic mass is 9.88. The van der Waals surface area contributed by atoms with Gasteiger partial charge in [-0.2, -0.15) is 0 Å². The molecule has 3 N–H and O–H groups in total. The van der Waals surface area contributed by atoms with Crippen LogP contribution in [0.25, 0.3) is 0 Å². The molecule has 2 atom stereocenters. The number of nitrogens with zero attached hydrogens (tertiary/aromatic N) is 1. The van der Waals surface area contributed by atoms with Crippen molar-refractivity contribution in [3.63, 3.8) is 0 Å². The second kappa shape index (κ2) is 9.42. The Morgan fingerprint density at radius 2 is 1.92 bits per heavy atom. The van der Waals surface area contributed by atoms with Crippen LogP contribution in [0, 0.1) is 0 Å². The topological polar surface area (TPSA) is 84.7 Å². The predicted octanol–water partition coefficient (Wildman–Crippen LogP) is 2.42. The molecule has 1 fully saturated rings. The van der Waals surface area contributed by atoms with Gasteiger partial charge in [0.2, 0.25) is 5.91 Å². The first kappa shape index (κ1) is 19.2. The summed E-state index contributed by atoms with van der Waals surface area (Å²) in [6.45, 7) is 4.18. The van der Waals surface area contributed by atoms with Gasteiger partial charge in [-0.15, -0.1) is 0 Å². The maximum atomic E-state index is 12.3. The quantitative estimate of drug-likeness (QED) is 0.828. The van der Waals surface area contributed by atoms with E-state index in [1.165, 1.54) is 0 Å². The Balaban J connectivity index is 1.97. The summed E-state index contributed by atoms with van der Waals surface area (Å²) < 4.78 is 5.33. The average Bonchev–Trinajstić information content (AvgIpc) is 2.62. The molecule has 0 aliphatic heterocycles. The molecule has 0 aromatic heterocycles. The van der Waals surface area contributed by atoms with E-state index in [0.29, 0.717) is 0 Å². The molecule has 0 unspecified atom stereocenters. The fraction of sp³-hybridized carbons (Fsp3) is 0.579. The summed E-state index contributed by atoms with van der Waals surface area (Å²) in [4.78, 5) is 26.3. The van der Waals surface area contributed by atoms with Crippen molar-refractivity contribution in [2.45, 2.75) is 64.3 Å². The van der Waals surface area contributed by atoms with Crippen LogP contribution in [0.5, 0.6) is 0 Å². The first-order chi connectivity index (χ1) is 12.0. The highest BCUT2D eigenvalue weighted by atomic mass is 16.5. The Hall–Kier alpha value is -2.08. The first-order valence-electron chi connectivity index (χ1n) is 9.01. The molecule has 1 aromatic carbocycles. The summed E-state index contributed by atoms with van der Waals surface area (Å²) in [5.74, 6) is -0.0775. The van der Waals surface area contributed by atoms with Crippen LogP contribution >= 0.6 is 0 Å². The molecule has 1 aliphatic rings. The molecule has 1 aromatic rings. The van der Waals surface area contributed by atoms with Gasteiger partial charge in [0.25, 0.3) is 0 Å². The number of carbonyl (C=O) groups is 2. The Kier molecular flexibility index (Phi) is 7.25. The van der Waals surface area contributed by atoms with Gasteiger partial charge in [-0.25, -0.2) is 4.79 Å². The fourth-order valence-electron chi connectivity index (χ4n) is 3.49. The number of hydrogen-bond donors (Lipinski definition) is 2. The maximum Gasteiger partial charge on any atom is 0.407 e. The molecule has 6 heteroatoms. The summed E-state index contributed by atoms with van der Waals surface area (Å²) in [7, 11) is 0. The van der Waals surface area contributed by atoms with Crippen molar-refractivity contribution in [3.8, 4) is 0 Å². The Bertz CT molecular complexity index is 562. The van der Waals surface area contributed by atoms with Crippen molar-refractivity contribution in [2.75, 3.05) is 6.54 Å². The lowest BCUT2D eigenvalue weighted by Crippen LogP contribution is -2.58. The standard InChI is InChI=1S/C19H29N3O3/c1-14(2)22(18(23)12-20)17-11-7-6-10-16(17)21-19(24)25-13-15-8-4-3-5-9-15/h3-5,8-9,14,16-17H,6-7,10-13,20H2,1-2H3,(H,21,24)/t16-,17-/m1/s1. The van der Waals surface area contributed by atoms with E-state index >= 15 is 0 Å². The number of nitrogens with one attached hydrogen (secondary N) is 1.